The summed E-state index contributed by atoms with van der Waals surface area (Å²) in [5.41, 5.74) is 0.939. The highest BCUT2D eigenvalue weighted by Crippen LogP contribution is 2.34. The number of nitrogens with zero attached hydrogens (tertiary/aromatic N) is 4. The van der Waals surface area contributed by atoms with E-state index in [0.29, 0.717) is 11.8 Å². The van der Waals surface area contributed by atoms with Crippen molar-refractivity contribution < 1.29 is 4.74 Å². The van der Waals surface area contributed by atoms with Gasteiger partial charge in [0.2, 0.25) is 0 Å². The Labute approximate surface area is 136 Å². The van der Waals surface area contributed by atoms with Gasteiger partial charge in [-0.15, -0.1) is 0 Å². The van der Waals surface area contributed by atoms with Crippen LogP contribution in [0.2, 0.25) is 0 Å². The highest BCUT2D eigenvalue weighted by Gasteiger charge is 2.22. The predicted octanol–water partition coefficient (Wildman–Crippen LogP) is 2.86. The van der Waals surface area contributed by atoms with Crippen LogP contribution in [0, 0.1) is 5.92 Å². The predicted molar refractivity (Wildman–Crippen MR) is 89.5 cm³/mol. The Morgan fingerprint density at radius 1 is 1.26 bits per heavy atom. The molecule has 0 aromatic carbocycles. The van der Waals surface area contributed by atoms with Crippen molar-refractivity contribution >= 4 is 16.9 Å². The normalized spacial score (nSPS) is 22.2. The van der Waals surface area contributed by atoms with Crippen LogP contribution >= 0.6 is 0 Å². The Morgan fingerprint density at radius 2 is 2.13 bits per heavy atom. The number of aromatic nitrogens is 4. The van der Waals surface area contributed by atoms with Crippen molar-refractivity contribution in [1.29, 1.82) is 0 Å². The molecule has 2 aliphatic rings. The van der Waals surface area contributed by atoms with Crippen molar-refractivity contribution in [3.63, 3.8) is 0 Å². The molecule has 2 aromatic rings. The van der Waals surface area contributed by atoms with Crippen LogP contribution in [0.4, 0.5) is 5.82 Å². The molecule has 4 rings (SSSR count). The first-order valence-electron chi connectivity index (χ1n) is 8.82. The van der Waals surface area contributed by atoms with E-state index in [1.54, 1.807) is 0 Å². The smallest absolute Gasteiger partial charge is 0.163 e. The first-order chi connectivity index (χ1) is 11.3. The molecule has 2 aromatic heterocycles. The molecule has 0 spiro atoms. The molecule has 0 bridgehead atoms. The molecule has 3 heterocycles. The quantitative estimate of drug-likeness (QED) is 0.919. The number of hydrogen-bond acceptors (Lipinski definition) is 5. The maximum absolute atomic E-state index is 5.45. The first-order valence-corrected chi connectivity index (χ1v) is 8.82. The van der Waals surface area contributed by atoms with Gasteiger partial charge in [0.25, 0.3) is 0 Å². The number of aryl methyl sites for hydroxylation is 1. The van der Waals surface area contributed by atoms with Crippen molar-refractivity contribution in [2.24, 2.45) is 13.0 Å². The highest BCUT2D eigenvalue weighted by molar-refractivity contribution is 5.86. The average molecular weight is 315 g/mol. The van der Waals surface area contributed by atoms with Crippen molar-refractivity contribution in [3.05, 3.63) is 12.0 Å². The van der Waals surface area contributed by atoms with E-state index in [9.17, 15) is 0 Å². The average Bonchev–Trinajstić information content (AvgIpc) is 3.29. The second-order valence-electron chi connectivity index (χ2n) is 6.86. The van der Waals surface area contributed by atoms with E-state index in [1.807, 2.05) is 17.9 Å². The topological polar surface area (TPSA) is 64.9 Å². The van der Waals surface area contributed by atoms with Gasteiger partial charge in [0.15, 0.2) is 5.65 Å². The number of fused-ring (bicyclic) bond motifs is 1. The molecule has 1 saturated carbocycles. The highest BCUT2D eigenvalue weighted by atomic mass is 16.5. The summed E-state index contributed by atoms with van der Waals surface area (Å²) in [7, 11) is 1.95. The summed E-state index contributed by atoms with van der Waals surface area (Å²) in [5.74, 6) is 3.13. The number of nitrogens with one attached hydrogen (secondary N) is 1. The third kappa shape index (κ3) is 3.04. The van der Waals surface area contributed by atoms with E-state index >= 15 is 0 Å². The Morgan fingerprint density at radius 3 is 2.91 bits per heavy atom. The SMILES string of the molecule is Cn1ncc2c(NCC[C@H]3CCOC3)nc(C3CCCC3)nc21. The number of ether oxygens (including phenoxy) is 1. The minimum atomic E-state index is 0.512. The Balaban J connectivity index is 1.55. The van der Waals surface area contributed by atoms with E-state index in [2.05, 4.69) is 10.4 Å². The lowest BCUT2D eigenvalue weighted by molar-refractivity contribution is 0.185. The second kappa shape index (κ2) is 6.43. The fourth-order valence-electron chi connectivity index (χ4n) is 3.75. The number of hydrogen-bond donors (Lipinski definition) is 1. The minimum Gasteiger partial charge on any atom is -0.381 e. The summed E-state index contributed by atoms with van der Waals surface area (Å²) in [6.45, 7) is 2.75. The van der Waals surface area contributed by atoms with Crippen LogP contribution in [-0.2, 0) is 11.8 Å². The number of rotatable bonds is 5. The summed E-state index contributed by atoms with van der Waals surface area (Å²) >= 11 is 0. The molecule has 0 radical (unpaired) electrons. The second-order valence-corrected chi connectivity index (χ2v) is 6.86. The Kier molecular flexibility index (Phi) is 4.16. The maximum Gasteiger partial charge on any atom is 0.163 e. The lowest BCUT2D eigenvalue weighted by Crippen LogP contribution is -2.12. The third-order valence-corrected chi connectivity index (χ3v) is 5.20. The zero-order valence-electron chi connectivity index (χ0n) is 13.8. The molecule has 1 aliphatic heterocycles. The van der Waals surface area contributed by atoms with Gasteiger partial charge in [-0.3, -0.25) is 4.68 Å². The van der Waals surface area contributed by atoms with Crippen molar-refractivity contribution in [2.45, 2.75) is 44.4 Å². The Bertz CT molecular complexity index is 671. The lowest BCUT2D eigenvalue weighted by Gasteiger charge is -2.13. The van der Waals surface area contributed by atoms with Gasteiger partial charge in [0.1, 0.15) is 11.6 Å². The molecule has 2 fully saturated rings. The standard InChI is InChI=1S/C17H25N5O/c1-22-17-14(10-19-22)16(18-8-6-12-7-9-23-11-12)20-15(21-17)13-4-2-3-5-13/h10,12-13H,2-9,11H2,1H3,(H,18,20,21)/t12-/m0/s1. The van der Waals surface area contributed by atoms with E-state index in [-0.39, 0.29) is 0 Å². The van der Waals surface area contributed by atoms with Gasteiger partial charge < -0.3 is 10.1 Å². The summed E-state index contributed by atoms with van der Waals surface area (Å²) in [5, 5.41) is 8.92. The third-order valence-electron chi connectivity index (χ3n) is 5.20. The molecule has 124 valence electrons. The Hall–Kier alpha value is -1.69. The van der Waals surface area contributed by atoms with Gasteiger partial charge in [-0.2, -0.15) is 5.10 Å². The van der Waals surface area contributed by atoms with Crippen LogP contribution in [0.3, 0.4) is 0 Å². The lowest BCUT2D eigenvalue weighted by atomic mass is 10.1. The molecule has 1 saturated heterocycles. The molecule has 1 N–H and O–H groups in total. The van der Waals surface area contributed by atoms with Gasteiger partial charge in [-0.1, -0.05) is 12.8 Å². The van der Waals surface area contributed by atoms with E-state index in [4.69, 9.17) is 14.7 Å². The van der Waals surface area contributed by atoms with Crippen molar-refractivity contribution in [3.8, 4) is 0 Å². The molecule has 6 nitrogen and oxygen atoms in total. The molecule has 0 unspecified atom stereocenters. The van der Waals surface area contributed by atoms with Crippen molar-refractivity contribution in [1.82, 2.24) is 19.7 Å². The van der Waals surface area contributed by atoms with Gasteiger partial charge >= 0.3 is 0 Å². The summed E-state index contributed by atoms with van der Waals surface area (Å²) in [6.07, 6.45) is 9.19. The number of anilines is 1. The monoisotopic (exact) mass is 315 g/mol. The summed E-state index contributed by atoms with van der Waals surface area (Å²) < 4.78 is 7.31. The van der Waals surface area contributed by atoms with Gasteiger partial charge in [-0.25, -0.2) is 9.97 Å². The molecular formula is C17H25N5O. The van der Waals surface area contributed by atoms with Crippen molar-refractivity contribution in [2.75, 3.05) is 25.1 Å². The van der Waals surface area contributed by atoms with E-state index in [1.165, 1.54) is 32.1 Å². The van der Waals surface area contributed by atoms with Gasteiger partial charge in [0.05, 0.1) is 11.6 Å². The van der Waals surface area contributed by atoms with Crippen LogP contribution in [0.15, 0.2) is 6.20 Å². The molecular weight excluding hydrogens is 290 g/mol. The maximum atomic E-state index is 5.45. The molecule has 23 heavy (non-hydrogen) atoms. The first kappa shape index (κ1) is 14.9. The van der Waals surface area contributed by atoms with Crippen LogP contribution < -0.4 is 5.32 Å². The molecule has 1 atom stereocenters. The summed E-state index contributed by atoms with van der Waals surface area (Å²) in [4.78, 5) is 9.65. The molecule has 0 amide bonds. The zero-order valence-corrected chi connectivity index (χ0v) is 13.8. The van der Waals surface area contributed by atoms with Crippen LogP contribution in [0.5, 0.6) is 0 Å². The fourth-order valence-corrected chi connectivity index (χ4v) is 3.75. The molecule has 6 heteroatoms. The largest absolute Gasteiger partial charge is 0.381 e. The van der Waals surface area contributed by atoms with Crippen LogP contribution in [0.1, 0.15) is 50.3 Å². The van der Waals surface area contributed by atoms with Crippen LogP contribution in [-0.4, -0.2) is 39.5 Å². The molecule has 1 aliphatic carbocycles. The zero-order chi connectivity index (χ0) is 15.6. The van der Waals surface area contributed by atoms with Gasteiger partial charge in [-0.05, 0) is 31.6 Å². The fraction of sp³-hybridized carbons (Fsp3) is 0.706. The van der Waals surface area contributed by atoms with E-state index in [0.717, 1.165) is 48.9 Å². The summed E-state index contributed by atoms with van der Waals surface area (Å²) in [6, 6.07) is 0. The van der Waals surface area contributed by atoms with E-state index < -0.39 is 0 Å². The minimum absolute atomic E-state index is 0.512. The van der Waals surface area contributed by atoms with Gasteiger partial charge in [0, 0.05) is 32.7 Å². The van der Waals surface area contributed by atoms with Crippen LogP contribution in [0.25, 0.3) is 11.0 Å².